The zero-order chi connectivity index (χ0) is 19.1. The van der Waals surface area contributed by atoms with Crippen molar-refractivity contribution in [2.24, 2.45) is 0 Å². The molecule has 0 bridgehead atoms. The van der Waals surface area contributed by atoms with Crippen molar-refractivity contribution in [3.05, 3.63) is 41.8 Å². The smallest absolute Gasteiger partial charge is 0.466 e. The molecule has 1 aliphatic rings. The van der Waals surface area contributed by atoms with Gasteiger partial charge in [-0.25, -0.2) is 4.39 Å². The standard InChI is InChI=1S/C18H22BFN2O4/c1-17(2)18(3,4)26-19(25-17)14(9-15(23)24)13-10-21-22-16(13)11-6-5-7-12(20)8-11/h5-8,10,14H,9H2,1-4H3,(H,21,22)(H,23,24). The lowest BCUT2D eigenvalue weighted by Gasteiger charge is -2.32. The summed E-state index contributed by atoms with van der Waals surface area (Å²) in [5.74, 6) is -1.95. The fraction of sp³-hybridized carbons (Fsp3) is 0.444. The summed E-state index contributed by atoms with van der Waals surface area (Å²) >= 11 is 0. The van der Waals surface area contributed by atoms with Gasteiger partial charge >= 0.3 is 13.1 Å². The molecule has 26 heavy (non-hydrogen) atoms. The van der Waals surface area contributed by atoms with E-state index in [2.05, 4.69) is 10.2 Å². The second-order valence-corrected chi connectivity index (χ2v) is 7.54. The molecule has 0 amide bonds. The lowest BCUT2D eigenvalue weighted by molar-refractivity contribution is -0.137. The van der Waals surface area contributed by atoms with Crippen LogP contribution in [0.4, 0.5) is 4.39 Å². The van der Waals surface area contributed by atoms with Crippen LogP contribution in [0.1, 0.15) is 45.5 Å². The first-order valence-corrected chi connectivity index (χ1v) is 8.47. The number of carbonyl (C=O) groups is 1. The minimum atomic E-state index is -0.976. The van der Waals surface area contributed by atoms with Gasteiger partial charge in [-0.2, -0.15) is 5.10 Å². The van der Waals surface area contributed by atoms with E-state index >= 15 is 0 Å². The van der Waals surface area contributed by atoms with Gasteiger partial charge in [0.2, 0.25) is 0 Å². The average molecular weight is 360 g/mol. The fourth-order valence-electron chi connectivity index (χ4n) is 3.05. The highest BCUT2D eigenvalue weighted by Crippen LogP contribution is 2.43. The molecule has 2 heterocycles. The zero-order valence-electron chi connectivity index (χ0n) is 15.2. The Morgan fingerprint density at radius 3 is 2.54 bits per heavy atom. The minimum absolute atomic E-state index is 0.196. The average Bonchev–Trinajstić information content (AvgIpc) is 3.07. The Hall–Kier alpha value is -2.19. The largest absolute Gasteiger partial charge is 0.481 e. The third kappa shape index (κ3) is 3.39. The first-order valence-electron chi connectivity index (χ1n) is 8.47. The summed E-state index contributed by atoms with van der Waals surface area (Å²) in [4.78, 5) is 11.5. The van der Waals surface area contributed by atoms with Crippen molar-refractivity contribution < 1.29 is 23.6 Å². The van der Waals surface area contributed by atoms with E-state index in [0.29, 0.717) is 16.8 Å². The van der Waals surface area contributed by atoms with E-state index in [9.17, 15) is 14.3 Å². The van der Waals surface area contributed by atoms with Crippen molar-refractivity contribution in [1.82, 2.24) is 10.2 Å². The van der Waals surface area contributed by atoms with E-state index < -0.39 is 30.1 Å². The van der Waals surface area contributed by atoms with Crippen LogP contribution in [-0.2, 0) is 14.1 Å². The predicted molar refractivity (Wildman–Crippen MR) is 95.1 cm³/mol. The molecule has 1 aromatic carbocycles. The summed E-state index contributed by atoms with van der Waals surface area (Å²) in [6.45, 7) is 7.64. The van der Waals surface area contributed by atoms with Crippen LogP contribution in [0.2, 0.25) is 0 Å². The molecular formula is C18H22BFN2O4. The van der Waals surface area contributed by atoms with Crippen molar-refractivity contribution in [3.63, 3.8) is 0 Å². The molecule has 1 aliphatic heterocycles. The maximum atomic E-state index is 13.6. The second-order valence-electron chi connectivity index (χ2n) is 7.54. The zero-order valence-corrected chi connectivity index (χ0v) is 15.2. The quantitative estimate of drug-likeness (QED) is 0.799. The lowest BCUT2D eigenvalue weighted by atomic mass is 9.66. The highest BCUT2D eigenvalue weighted by Gasteiger charge is 2.54. The molecule has 3 rings (SSSR count). The van der Waals surface area contributed by atoms with Gasteiger partial charge in [0.05, 0.1) is 29.5 Å². The first kappa shape index (κ1) is 18.6. The number of carboxylic acid groups (broad SMARTS) is 1. The molecule has 6 nitrogen and oxygen atoms in total. The van der Waals surface area contributed by atoms with Crippen molar-refractivity contribution in [2.75, 3.05) is 0 Å². The molecule has 1 unspecified atom stereocenters. The Morgan fingerprint density at radius 2 is 1.96 bits per heavy atom. The molecule has 0 saturated carbocycles. The monoisotopic (exact) mass is 360 g/mol. The summed E-state index contributed by atoms with van der Waals surface area (Å²) in [6, 6.07) is 6.06. The number of nitrogens with one attached hydrogen (secondary N) is 1. The van der Waals surface area contributed by atoms with E-state index in [0.717, 1.165) is 0 Å². The summed E-state index contributed by atoms with van der Waals surface area (Å²) in [6.07, 6.45) is 1.36. The number of carboxylic acids is 1. The summed E-state index contributed by atoms with van der Waals surface area (Å²) in [5, 5.41) is 16.3. The molecule has 1 atom stereocenters. The normalized spacial score (nSPS) is 19.5. The molecule has 0 radical (unpaired) electrons. The summed E-state index contributed by atoms with van der Waals surface area (Å²) in [7, 11) is -0.749. The van der Waals surface area contributed by atoms with Crippen molar-refractivity contribution in [3.8, 4) is 11.3 Å². The van der Waals surface area contributed by atoms with Crippen molar-refractivity contribution in [1.29, 1.82) is 0 Å². The van der Waals surface area contributed by atoms with Gasteiger partial charge in [0.15, 0.2) is 0 Å². The Bertz CT molecular complexity index is 805. The van der Waals surface area contributed by atoms with Crippen LogP contribution in [-0.4, -0.2) is 39.6 Å². The number of hydrogen-bond donors (Lipinski definition) is 2. The summed E-state index contributed by atoms with van der Waals surface area (Å²) in [5.41, 5.74) is 0.598. The maximum absolute atomic E-state index is 13.6. The van der Waals surface area contributed by atoms with Gasteiger partial charge in [0, 0.05) is 11.4 Å². The number of hydrogen-bond acceptors (Lipinski definition) is 4. The first-order chi connectivity index (χ1) is 12.1. The third-order valence-corrected chi connectivity index (χ3v) is 5.18. The van der Waals surface area contributed by atoms with Gasteiger partial charge in [-0.1, -0.05) is 12.1 Å². The fourth-order valence-corrected chi connectivity index (χ4v) is 3.05. The molecule has 138 valence electrons. The Labute approximate surface area is 151 Å². The molecule has 0 spiro atoms. The number of benzene rings is 1. The van der Waals surface area contributed by atoms with Crippen LogP contribution in [0.5, 0.6) is 0 Å². The molecule has 2 aromatic rings. The number of aromatic amines is 1. The van der Waals surface area contributed by atoms with Gasteiger partial charge in [-0.05, 0) is 45.4 Å². The van der Waals surface area contributed by atoms with Crippen LogP contribution in [0.3, 0.4) is 0 Å². The minimum Gasteiger partial charge on any atom is -0.481 e. The molecule has 1 aromatic heterocycles. The number of H-pyrrole nitrogens is 1. The van der Waals surface area contributed by atoms with Crippen molar-refractivity contribution >= 4 is 13.1 Å². The maximum Gasteiger partial charge on any atom is 0.466 e. The van der Waals surface area contributed by atoms with Crippen LogP contribution < -0.4 is 0 Å². The predicted octanol–water partition coefficient (Wildman–Crippen LogP) is 3.41. The van der Waals surface area contributed by atoms with Gasteiger partial charge in [-0.15, -0.1) is 0 Å². The molecule has 1 fully saturated rings. The van der Waals surface area contributed by atoms with Crippen LogP contribution in [0.25, 0.3) is 11.3 Å². The van der Waals surface area contributed by atoms with Crippen molar-refractivity contribution in [2.45, 2.75) is 51.1 Å². The van der Waals surface area contributed by atoms with E-state index in [1.165, 1.54) is 12.1 Å². The van der Waals surface area contributed by atoms with E-state index in [1.807, 2.05) is 27.7 Å². The van der Waals surface area contributed by atoms with Gasteiger partial charge < -0.3 is 14.4 Å². The highest BCUT2D eigenvalue weighted by atomic mass is 19.1. The molecular weight excluding hydrogens is 338 g/mol. The molecule has 8 heteroatoms. The summed E-state index contributed by atoms with van der Waals surface area (Å²) < 4.78 is 25.8. The number of rotatable bonds is 5. The molecule has 2 N–H and O–H groups in total. The van der Waals surface area contributed by atoms with Gasteiger partial charge in [0.25, 0.3) is 0 Å². The topological polar surface area (TPSA) is 84.4 Å². The third-order valence-electron chi connectivity index (χ3n) is 5.18. The number of halogens is 1. The SMILES string of the molecule is CC1(C)OB(C(CC(=O)O)c2cn[nH]c2-c2cccc(F)c2)OC1(C)C. The van der Waals surface area contributed by atoms with E-state index in [1.54, 1.807) is 18.3 Å². The van der Waals surface area contributed by atoms with E-state index in [4.69, 9.17) is 9.31 Å². The van der Waals surface area contributed by atoms with E-state index in [-0.39, 0.29) is 12.2 Å². The molecule has 0 aliphatic carbocycles. The second kappa shape index (κ2) is 6.52. The number of nitrogens with zero attached hydrogens (tertiary/aromatic N) is 1. The van der Waals surface area contributed by atoms with Gasteiger partial charge in [0.1, 0.15) is 5.82 Å². The van der Waals surface area contributed by atoms with Crippen LogP contribution >= 0.6 is 0 Å². The van der Waals surface area contributed by atoms with Crippen LogP contribution in [0, 0.1) is 5.82 Å². The Morgan fingerprint density at radius 1 is 1.31 bits per heavy atom. The molecule has 1 saturated heterocycles. The Kier molecular flexibility index (Phi) is 4.66. The van der Waals surface area contributed by atoms with Crippen LogP contribution in [0.15, 0.2) is 30.5 Å². The van der Waals surface area contributed by atoms with Gasteiger partial charge in [-0.3, -0.25) is 9.89 Å². The lowest BCUT2D eigenvalue weighted by Crippen LogP contribution is -2.41. The highest BCUT2D eigenvalue weighted by molar-refractivity contribution is 6.48. The number of aliphatic carboxylic acids is 1. The number of aromatic nitrogens is 2. The Balaban J connectivity index is 2.01.